The number of halogens is 1. The van der Waals surface area contributed by atoms with Gasteiger partial charge in [0.1, 0.15) is 5.82 Å². The molecule has 166 valence electrons. The lowest BCUT2D eigenvalue weighted by Gasteiger charge is -2.26. The molecular formula is C24H24FN3O3S. The molecular weight excluding hydrogens is 429 g/mol. The molecule has 0 atom stereocenters. The number of carboxylic acid groups (broad SMARTS) is 1. The van der Waals surface area contributed by atoms with Crippen LogP contribution in [-0.4, -0.2) is 22.1 Å². The molecule has 1 aliphatic carbocycles. The summed E-state index contributed by atoms with van der Waals surface area (Å²) in [4.78, 5) is 28.7. The zero-order valence-corrected chi connectivity index (χ0v) is 18.2. The van der Waals surface area contributed by atoms with Gasteiger partial charge in [0.25, 0.3) is 0 Å². The molecule has 1 aromatic heterocycles. The first-order valence-electron chi connectivity index (χ1n) is 10.6. The Balaban J connectivity index is 1.34. The maximum Gasteiger partial charge on any atom is 0.323 e. The first-order chi connectivity index (χ1) is 15.5. The molecule has 6 nitrogen and oxygen atoms in total. The summed E-state index contributed by atoms with van der Waals surface area (Å²) in [5.41, 5.74) is 1.73. The van der Waals surface area contributed by atoms with Crippen LogP contribution < -0.4 is 10.6 Å². The molecule has 0 radical (unpaired) electrons. The van der Waals surface area contributed by atoms with Crippen molar-refractivity contribution in [3.8, 4) is 10.4 Å². The molecule has 8 heteroatoms. The summed E-state index contributed by atoms with van der Waals surface area (Å²) in [5, 5.41) is 15.3. The molecule has 0 saturated heterocycles. The number of nitrogens with one attached hydrogen (secondary N) is 2. The average Bonchev–Trinajstić information content (AvgIpc) is 3.26. The summed E-state index contributed by atoms with van der Waals surface area (Å²) in [7, 11) is 0. The molecule has 0 aliphatic heterocycles. The standard InChI is InChI=1S/C24H24FN3O3S/c25-19-3-1-2-4-20(19)28-24(31)27-18-11-9-16(10-12-18)21-14-26-23(32-21)17-7-5-15(6-8-17)13-22(29)30/h1-4,9-12,14-15,17H,5-8,13H2,(H,29,30)(H2,27,28,31). The Labute approximate surface area is 189 Å². The molecule has 0 spiro atoms. The van der Waals surface area contributed by atoms with Gasteiger partial charge in [-0.1, -0.05) is 24.3 Å². The number of urea groups is 1. The number of amides is 2. The third-order valence-electron chi connectivity index (χ3n) is 5.73. The third-order valence-corrected chi connectivity index (χ3v) is 6.94. The molecule has 1 fully saturated rings. The van der Waals surface area contributed by atoms with Crippen LogP contribution in [0.25, 0.3) is 10.4 Å². The highest BCUT2D eigenvalue weighted by molar-refractivity contribution is 7.15. The Bertz CT molecular complexity index is 1090. The Hall–Kier alpha value is -3.26. The lowest BCUT2D eigenvalue weighted by molar-refractivity contribution is -0.138. The highest BCUT2D eigenvalue weighted by Crippen LogP contribution is 2.40. The van der Waals surface area contributed by atoms with Gasteiger partial charge in [-0.2, -0.15) is 0 Å². The normalized spacial score (nSPS) is 18.2. The van der Waals surface area contributed by atoms with Crippen molar-refractivity contribution in [1.29, 1.82) is 0 Å². The van der Waals surface area contributed by atoms with Crippen molar-refractivity contribution >= 4 is 34.7 Å². The Kier molecular flexibility index (Phi) is 6.80. The number of rotatable bonds is 6. The van der Waals surface area contributed by atoms with Crippen molar-refractivity contribution in [1.82, 2.24) is 4.98 Å². The number of nitrogens with zero attached hydrogens (tertiary/aromatic N) is 1. The minimum Gasteiger partial charge on any atom is -0.481 e. The minimum absolute atomic E-state index is 0.121. The molecule has 1 aliphatic rings. The quantitative estimate of drug-likeness (QED) is 0.406. The topological polar surface area (TPSA) is 91.3 Å². The second-order valence-corrected chi connectivity index (χ2v) is 9.08. The fourth-order valence-corrected chi connectivity index (χ4v) is 5.13. The summed E-state index contributed by atoms with van der Waals surface area (Å²) in [6, 6.07) is 12.9. The van der Waals surface area contributed by atoms with Crippen LogP contribution in [0.15, 0.2) is 54.7 Å². The van der Waals surface area contributed by atoms with Crippen molar-refractivity contribution in [2.45, 2.75) is 38.0 Å². The predicted octanol–water partition coefficient (Wildman–Crippen LogP) is 6.34. The molecule has 3 aromatic rings. The van der Waals surface area contributed by atoms with E-state index in [0.717, 1.165) is 41.1 Å². The number of carboxylic acids is 1. The van der Waals surface area contributed by atoms with Gasteiger partial charge in [0.2, 0.25) is 0 Å². The SMILES string of the molecule is O=C(O)CC1CCC(c2ncc(-c3ccc(NC(=O)Nc4ccccc4F)cc3)s2)CC1. The molecule has 0 bridgehead atoms. The van der Waals surface area contributed by atoms with Crippen LogP contribution in [0, 0.1) is 11.7 Å². The second-order valence-electron chi connectivity index (χ2n) is 8.01. The predicted molar refractivity (Wildman–Crippen MR) is 124 cm³/mol. The van der Waals surface area contributed by atoms with E-state index in [2.05, 4.69) is 15.6 Å². The van der Waals surface area contributed by atoms with Gasteiger partial charge in [-0.05, 0) is 61.4 Å². The lowest BCUT2D eigenvalue weighted by atomic mass is 9.81. The van der Waals surface area contributed by atoms with Gasteiger partial charge in [-0.25, -0.2) is 14.2 Å². The lowest BCUT2D eigenvalue weighted by Crippen LogP contribution is -2.20. The van der Waals surface area contributed by atoms with E-state index in [-0.39, 0.29) is 18.0 Å². The van der Waals surface area contributed by atoms with Crippen LogP contribution in [0.2, 0.25) is 0 Å². The van der Waals surface area contributed by atoms with Crippen molar-refractivity contribution < 1.29 is 19.1 Å². The Morgan fingerprint density at radius 3 is 2.44 bits per heavy atom. The van der Waals surface area contributed by atoms with Gasteiger partial charge in [0.05, 0.1) is 15.6 Å². The fourth-order valence-electron chi connectivity index (χ4n) is 4.04. The van der Waals surface area contributed by atoms with Gasteiger partial charge >= 0.3 is 12.0 Å². The van der Waals surface area contributed by atoms with E-state index in [9.17, 15) is 14.0 Å². The Morgan fingerprint density at radius 1 is 1.03 bits per heavy atom. The number of thiazole rings is 1. The first-order valence-corrected chi connectivity index (χ1v) is 11.4. The van der Waals surface area contributed by atoms with Crippen molar-refractivity contribution in [3.05, 3.63) is 65.6 Å². The molecule has 4 rings (SSSR count). The number of carbonyl (C=O) groups is 2. The minimum atomic E-state index is -0.715. The van der Waals surface area contributed by atoms with Gasteiger partial charge in [0, 0.05) is 24.2 Å². The average molecular weight is 454 g/mol. The Morgan fingerprint density at radius 2 is 1.75 bits per heavy atom. The van der Waals surface area contributed by atoms with Gasteiger partial charge in [-0.15, -0.1) is 11.3 Å². The summed E-state index contributed by atoms with van der Waals surface area (Å²) >= 11 is 1.66. The van der Waals surface area contributed by atoms with E-state index in [1.807, 2.05) is 18.3 Å². The highest BCUT2D eigenvalue weighted by atomic mass is 32.1. The summed E-state index contributed by atoms with van der Waals surface area (Å²) in [6.45, 7) is 0. The van der Waals surface area contributed by atoms with E-state index >= 15 is 0 Å². The van der Waals surface area contributed by atoms with Crippen molar-refractivity contribution in [3.63, 3.8) is 0 Å². The fraction of sp³-hybridized carbons (Fsp3) is 0.292. The van der Waals surface area contributed by atoms with Crippen molar-refractivity contribution in [2.24, 2.45) is 5.92 Å². The van der Waals surface area contributed by atoms with E-state index in [0.29, 0.717) is 11.6 Å². The molecule has 1 heterocycles. The number of aliphatic carboxylic acids is 1. The third kappa shape index (κ3) is 5.50. The summed E-state index contributed by atoms with van der Waals surface area (Å²) < 4.78 is 13.7. The highest BCUT2D eigenvalue weighted by Gasteiger charge is 2.26. The molecule has 32 heavy (non-hydrogen) atoms. The summed E-state index contributed by atoms with van der Waals surface area (Å²) in [5.74, 6) is -0.539. The second kappa shape index (κ2) is 9.91. The van der Waals surface area contributed by atoms with Gasteiger partial charge in [-0.3, -0.25) is 4.79 Å². The van der Waals surface area contributed by atoms with Crippen LogP contribution in [-0.2, 0) is 4.79 Å². The van der Waals surface area contributed by atoms with E-state index in [1.54, 1.807) is 35.6 Å². The van der Waals surface area contributed by atoms with Crippen LogP contribution in [0.3, 0.4) is 0 Å². The molecule has 0 unspecified atom stereocenters. The molecule has 1 saturated carbocycles. The molecule has 2 amide bonds. The number of aromatic nitrogens is 1. The zero-order valence-electron chi connectivity index (χ0n) is 17.4. The van der Waals surface area contributed by atoms with Crippen LogP contribution >= 0.6 is 11.3 Å². The zero-order chi connectivity index (χ0) is 22.5. The van der Waals surface area contributed by atoms with Crippen molar-refractivity contribution in [2.75, 3.05) is 10.6 Å². The van der Waals surface area contributed by atoms with Crippen LogP contribution in [0.4, 0.5) is 20.6 Å². The molecule has 2 aromatic carbocycles. The maximum absolute atomic E-state index is 13.7. The number of benzene rings is 2. The smallest absolute Gasteiger partial charge is 0.323 e. The number of hydrogen-bond donors (Lipinski definition) is 3. The first kappa shape index (κ1) is 22.0. The van der Waals surface area contributed by atoms with Gasteiger partial charge in [0.15, 0.2) is 0 Å². The monoisotopic (exact) mass is 453 g/mol. The maximum atomic E-state index is 13.7. The largest absolute Gasteiger partial charge is 0.481 e. The van der Waals surface area contributed by atoms with E-state index < -0.39 is 17.8 Å². The van der Waals surface area contributed by atoms with E-state index in [1.165, 1.54) is 12.1 Å². The number of para-hydroxylation sites is 1. The van der Waals surface area contributed by atoms with Gasteiger partial charge < -0.3 is 15.7 Å². The summed E-state index contributed by atoms with van der Waals surface area (Å²) in [6.07, 6.45) is 5.95. The van der Waals surface area contributed by atoms with Crippen LogP contribution in [0.1, 0.15) is 43.0 Å². The number of anilines is 2. The number of carbonyl (C=O) groups excluding carboxylic acids is 1. The van der Waals surface area contributed by atoms with E-state index in [4.69, 9.17) is 5.11 Å². The van der Waals surface area contributed by atoms with Crippen LogP contribution in [0.5, 0.6) is 0 Å². The molecule has 3 N–H and O–H groups in total. The number of hydrogen-bond acceptors (Lipinski definition) is 4.